The van der Waals surface area contributed by atoms with E-state index in [1.54, 1.807) is 0 Å². The van der Waals surface area contributed by atoms with E-state index >= 15 is 0 Å². The first kappa shape index (κ1) is 12.5. The molecule has 0 unspecified atom stereocenters. The Morgan fingerprint density at radius 2 is 1.59 bits per heavy atom. The molecule has 1 aliphatic heterocycles. The van der Waals surface area contributed by atoms with Crippen molar-refractivity contribution in [2.75, 3.05) is 6.61 Å². The molecular weight excluding hydrogens is 272 g/mol. The number of benzene rings is 2. The highest BCUT2D eigenvalue weighted by Crippen LogP contribution is 2.83. The molecule has 2 saturated carbocycles. The largest absolute Gasteiger partial charge is 0.464 e. The van der Waals surface area contributed by atoms with Gasteiger partial charge in [-0.25, -0.2) is 0 Å². The predicted molar refractivity (Wildman–Crippen MR) is 83.4 cm³/mol. The first-order chi connectivity index (χ1) is 10.8. The van der Waals surface area contributed by atoms with Crippen LogP contribution in [0.15, 0.2) is 60.7 Å². The zero-order valence-corrected chi connectivity index (χ0v) is 12.4. The number of carbonyl (C=O) groups is 1. The summed E-state index contributed by atoms with van der Waals surface area (Å²) in [5, 5.41) is 0. The molecule has 0 radical (unpaired) electrons. The second-order valence-electron chi connectivity index (χ2n) is 6.88. The van der Waals surface area contributed by atoms with Crippen LogP contribution in [0.25, 0.3) is 0 Å². The van der Waals surface area contributed by atoms with Crippen LogP contribution in [0.4, 0.5) is 0 Å². The van der Waals surface area contributed by atoms with Gasteiger partial charge in [0.15, 0.2) is 0 Å². The SMILES string of the molecule is O=C1OC[C@@]23[C@@H](CC[C@H]2c2ccccc2)[C@]13c1ccccc1. The van der Waals surface area contributed by atoms with Gasteiger partial charge in [0.2, 0.25) is 0 Å². The van der Waals surface area contributed by atoms with E-state index < -0.39 is 0 Å². The smallest absolute Gasteiger partial charge is 0.317 e. The number of hydrogen-bond acceptors (Lipinski definition) is 2. The fourth-order valence-corrected chi connectivity index (χ4v) is 5.61. The number of cyclic esters (lactones) is 1. The quantitative estimate of drug-likeness (QED) is 0.789. The summed E-state index contributed by atoms with van der Waals surface area (Å²) in [6.07, 6.45) is 2.30. The Bertz CT molecular complexity index is 739. The normalized spacial score (nSPS) is 38.3. The van der Waals surface area contributed by atoms with Crippen LogP contribution in [0, 0.1) is 11.3 Å². The molecule has 5 rings (SSSR count). The molecule has 2 heteroatoms. The molecule has 0 N–H and O–H groups in total. The van der Waals surface area contributed by atoms with Crippen LogP contribution in [-0.2, 0) is 14.9 Å². The fourth-order valence-electron chi connectivity index (χ4n) is 5.61. The standard InChI is InChI=1S/C20H18O2/c21-18-20(15-9-5-2-6-10-15)17-12-11-16(19(17,20)13-22-18)14-7-3-1-4-8-14/h1-10,16-17H,11-13H2/t16-,17+,19-,20+/m0/s1. The fraction of sp³-hybridized carbons (Fsp3) is 0.350. The number of carbonyl (C=O) groups excluding carboxylic acids is 1. The average molecular weight is 290 g/mol. The Kier molecular flexibility index (Phi) is 2.27. The van der Waals surface area contributed by atoms with Crippen LogP contribution >= 0.6 is 0 Å². The van der Waals surface area contributed by atoms with Crippen LogP contribution in [0.1, 0.15) is 29.9 Å². The monoisotopic (exact) mass is 290 g/mol. The molecule has 2 nitrogen and oxygen atoms in total. The zero-order chi connectivity index (χ0) is 14.8. The van der Waals surface area contributed by atoms with Gasteiger partial charge in [-0.3, -0.25) is 4.79 Å². The molecule has 3 aliphatic rings. The third-order valence-corrected chi connectivity index (χ3v) is 6.36. The summed E-state index contributed by atoms with van der Waals surface area (Å²) in [5.74, 6) is 0.892. The molecule has 1 saturated heterocycles. The minimum absolute atomic E-state index is 0.00401. The number of esters is 1. The van der Waals surface area contributed by atoms with Crippen molar-refractivity contribution in [3.8, 4) is 0 Å². The van der Waals surface area contributed by atoms with Gasteiger partial charge >= 0.3 is 5.97 Å². The molecule has 2 aromatic carbocycles. The third-order valence-electron chi connectivity index (χ3n) is 6.36. The lowest BCUT2D eigenvalue weighted by Crippen LogP contribution is -2.27. The Morgan fingerprint density at radius 3 is 2.32 bits per heavy atom. The number of ether oxygens (including phenoxy) is 1. The predicted octanol–water partition coefficient (Wildman–Crippen LogP) is 3.68. The summed E-state index contributed by atoms with van der Waals surface area (Å²) in [4.78, 5) is 12.7. The molecule has 1 heterocycles. The maximum atomic E-state index is 12.7. The third kappa shape index (κ3) is 1.18. The van der Waals surface area contributed by atoms with Crippen LogP contribution in [0.5, 0.6) is 0 Å². The highest BCUT2D eigenvalue weighted by Gasteiger charge is 2.89. The molecule has 4 atom stereocenters. The van der Waals surface area contributed by atoms with Gasteiger partial charge in [0.1, 0.15) is 5.41 Å². The van der Waals surface area contributed by atoms with Crippen molar-refractivity contribution >= 4 is 5.97 Å². The summed E-state index contributed by atoms with van der Waals surface area (Å²) in [7, 11) is 0. The Labute approximate surface area is 130 Å². The maximum absolute atomic E-state index is 12.7. The molecule has 0 amide bonds. The van der Waals surface area contributed by atoms with E-state index in [0.29, 0.717) is 18.4 Å². The molecule has 1 spiro atoms. The van der Waals surface area contributed by atoms with E-state index in [1.807, 2.05) is 18.2 Å². The summed E-state index contributed by atoms with van der Waals surface area (Å²) in [6, 6.07) is 21.0. The van der Waals surface area contributed by atoms with Gasteiger partial charge in [-0.1, -0.05) is 60.7 Å². The van der Waals surface area contributed by atoms with Crippen molar-refractivity contribution in [1.29, 1.82) is 0 Å². The van der Waals surface area contributed by atoms with Gasteiger partial charge in [-0.15, -0.1) is 0 Å². The van der Waals surface area contributed by atoms with E-state index in [9.17, 15) is 4.79 Å². The summed E-state index contributed by atoms with van der Waals surface area (Å²) in [5.41, 5.74) is 2.13. The van der Waals surface area contributed by atoms with Crippen molar-refractivity contribution in [2.24, 2.45) is 11.3 Å². The lowest BCUT2D eigenvalue weighted by molar-refractivity contribution is -0.143. The number of hydrogen-bond donors (Lipinski definition) is 0. The minimum Gasteiger partial charge on any atom is -0.464 e. The summed E-state index contributed by atoms with van der Waals surface area (Å²) in [6.45, 7) is 0.588. The molecule has 110 valence electrons. The van der Waals surface area contributed by atoms with Crippen molar-refractivity contribution in [1.82, 2.24) is 0 Å². The Balaban J connectivity index is 1.67. The molecule has 3 fully saturated rings. The van der Waals surface area contributed by atoms with Gasteiger partial charge in [0.25, 0.3) is 0 Å². The molecular formula is C20H18O2. The molecule has 22 heavy (non-hydrogen) atoms. The van der Waals surface area contributed by atoms with E-state index in [4.69, 9.17) is 4.74 Å². The van der Waals surface area contributed by atoms with Gasteiger partial charge in [-0.2, -0.15) is 0 Å². The summed E-state index contributed by atoms with van der Waals surface area (Å²) < 4.78 is 5.59. The van der Waals surface area contributed by atoms with E-state index in [2.05, 4.69) is 42.5 Å². The van der Waals surface area contributed by atoms with Gasteiger partial charge in [0, 0.05) is 5.41 Å². The number of rotatable bonds is 2. The van der Waals surface area contributed by atoms with Crippen molar-refractivity contribution < 1.29 is 9.53 Å². The minimum atomic E-state index is -0.382. The van der Waals surface area contributed by atoms with Gasteiger partial charge in [-0.05, 0) is 35.8 Å². The number of fused-ring (bicyclic) bond motifs is 1. The van der Waals surface area contributed by atoms with Crippen LogP contribution in [0.3, 0.4) is 0 Å². The first-order valence-corrected chi connectivity index (χ1v) is 8.09. The Hall–Kier alpha value is -2.09. The lowest BCUT2D eigenvalue weighted by atomic mass is 9.75. The van der Waals surface area contributed by atoms with E-state index in [1.165, 1.54) is 12.0 Å². The van der Waals surface area contributed by atoms with Gasteiger partial charge in [0.05, 0.1) is 6.61 Å². The Morgan fingerprint density at radius 1 is 0.909 bits per heavy atom. The molecule has 2 aromatic rings. The highest BCUT2D eigenvalue weighted by atomic mass is 16.5. The molecule has 0 aromatic heterocycles. The maximum Gasteiger partial charge on any atom is 0.317 e. The highest BCUT2D eigenvalue weighted by molar-refractivity contribution is 5.93. The first-order valence-electron chi connectivity index (χ1n) is 8.09. The lowest BCUT2D eigenvalue weighted by Gasteiger charge is -2.24. The summed E-state index contributed by atoms with van der Waals surface area (Å²) >= 11 is 0. The average Bonchev–Trinajstić information content (AvgIpc) is 2.83. The van der Waals surface area contributed by atoms with Crippen LogP contribution in [0.2, 0.25) is 0 Å². The van der Waals surface area contributed by atoms with E-state index in [-0.39, 0.29) is 16.8 Å². The van der Waals surface area contributed by atoms with Crippen LogP contribution in [-0.4, -0.2) is 12.6 Å². The van der Waals surface area contributed by atoms with E-state index in [0.717, 1.165) is 12.0 Å². The molecule has 2 aliphatic carbocycles. The van der Waals surface area contributed by atoms with Gasteiger partial charge < -0.3 is 4.74 Å². The topological polar surface area (TPSA) is 26.3 Å². The van der Waals surface area contributed by atoms with Crippen molar-refractivity contribution in [3.05, 3.63) is 71.8 Å². The second kappa shape index (κ2) is 4.01. The zero-order valence-electron chi connectivity index (χ0n) is 12.4. The van der Waals surface area contributed by atoms with Crippen molar-refractivity contribution in [3.63, 3.8) is 0 Å². The molecule has 0 bridgehead atoms. The van der Waals surface area contributed by atoms with Crippen molar-refractivity contribution in [2.45, 2.75) is 24.2 Å². The van der Waals surface area contributed by atoms with Crippen LogP contribution < -0.4 is 0 Å². The second-order valence-corrected chi connectivity index (χ2v) is 6.88.